The van der Waals surface area contributed by atoms with Gasteiger partial charge in [-0.1, -0.05) is 30.4 Å². The van der Waals surface area contributed by atoms with Crippen LogP contribution in [-0.4, -0.2) is 127 Å². The molecule has 0 bridgehead atoms. The standard InChI is InChI=1S/C86H87N5O11/c1-6-94-45-48-97-51-54-100-72-35-21-63(22-36-72)89-81-15-11-9-13-75(81)77-57-67(28-41-83(77)89)88(68-29-42-84-78(58-68)76-14-10-12-16-82(76)90(84)64-23-37-73(38-24-64)101-55-52-98-49-46-95-7-2)69-30-44-86-80(60-69)79-59-66(87(61-17-31-70(92-4)32-18-61)62-19-33-71(93-5)34-20-62)27-43-85(79)91(86)65-25-39-74(40-26-65)102-56-53-99-50-47-96-8-3/h9-11,13-15,17-44,57-60H,6-8,12,16,45-56H2,1-5H3. The highest BCUT2D eigenvalue weighted by Crippen LogP contribution is 2.47. The highest BCUT2D eigenvalue weighted by atomic mass is 16.6. The minimum Gasteiger partial charge on any atom is -0.497 e. The summed E-state index contributed by atoms with van der Waals surface area (Å²) in [6, 6.07) is 77.8. The first kappa shape index (κ1) is 68.6. The Kier molecular flexibility index (Phi) is 22.1. The molecular weight excluding hydrogens is 1280 g/mol. The monoisotopic (exact) mass is 1370 g/mol. The van der Waals surface area contributed by atoms with E-state index in [0.29, 0.717) is 99.1 Å². The molecule has 0 spiro atoms. The molecule has 14 rings (SSSR count). The topological polar surface area (TPSA) is 123 Å². The van der Waals surface area contributed by atoms with Crippen molar-refractivity contribution in [2.24, 2.45) is 0 Å². The molecule has 10 aromatic carbocycles. The van der Waals surface area contributed by atoms with Crippen molar-refractivity contribution in [3.8, 4) is 45.8 Å². The van der Waals surface area contributed by atoms with Crippen molar-refractivity contribution in [3.63, 3.8) is 0 Å². The highest BCUT2D eigenvalue weighted by molar-refractivity contribution is 6.14. The first-order valence-electron chi connectivity index (χ1n) is 35.4. The number of anilines is 6. The Morgan fingerprint density at radius 3 is 1.04 bits per heavy atom. The summed E-state index contributed by atoms with van der Waals surface area (Å²) in [5.74, 6) is 3.88. The van der Waals surface area contributed by atoms with Gasteiger partial charge in [0.15, 0.2) is 0 Å². The number of rotatable bonds is 35. The zero-order valence-corrected chi connectivity index (χ0v) is 58.7. The summed E-state index contributed by atoms with van der Waals surface area (Å²) in [6.45, 7) is 14.0. The molecule has 0 radical (unpaired) electrons. The summed E-state index contributed by atoms with van der Waals surface area (Å²) in [5, 5.41) is 5.55. The first-order valence-corrected chi connectivity index (χ1v) is 35.4. The second kappa shape index (κ2) is 32.8. The first-order chi connectivity index (χ1) is 50.4. The summed E-state index contributed by atoms with van der Waals surface area (Å²) < 4.78 is 70.7. The van der Waals surface area contributed by atoms with Crippen LogP contribution in [0.4, 0.5) is 34.1 Å². The van der Waals surface area contributed by atoms with Crippen LogP contribution in [-0.2, 0) is 34.8 Å². The highest BCUT2D eigenvalue weighted by Gasteiger charge is 2.25. The van der Waals surface area contributed by atoms with E-state index in [0.717, 1.165) is 147 Å². The molecule has 522 valence electrons. The number of benzene rings is 10. The average molecular weight is 1370 g/mol. The lowest BCUT2D eigenvalue weighted by atomic mass is 10.0. The van der Waals surface area contributed by atoms with Gasteiger partial charge in [-0.2, -0.15) is 0 Å². The Hall–Kier alpha value is -10.6. The average Bonchev–Trinajstić information content (AvgIpc) is 1.58. The molecule has 102 heavy (non-hydrogen) atoms. The van der Waals surface area contributed by atoms with Gasteiger partial charge in [0, 0.05) is 109 Å². The lowest BCUT2D eigenvalue weighted by molar-refractivity contribution is 0.0405. The van der Waals surface area contributed by atoms with Gasteiger partial charge in [-0.3, -0.25) is 0 Å². The lowest BCUT2D eigenvalue weighted by Gasteiger charge is -2.26. The van der Waals surface area contributed by atoms with Gasteiger partial charge in [-0.25, -0.2) is 0 Å². The van der Waals surface area contributed by atoms with Crippen LogP contribution >= 0.6 is 0 Å². The van der Waals surface area contributed by atoms with Gasteiger partial charge >= 0.3 is 0 Å². The Labute approximate surface area is 595 Å². The molecule has 0 saturated carbocycles. The zero-order valence-electron chi connectivity index (χ0n) is 58.7. The Balaban J connectivity index is 0.909. The molecule has 13 aromatic rings. The van der Waals surface area contributed by atoms with Crippen LogP contribution in [0.5, 0.6) is 28.7 Å². The van der Waals surface area contributed by atoms with Gasteiger partial charge in [0.2, 0.25) is 0 Å². The van der Waals surface area contributed by atoms with E-state index in [4.69, 9.17) is 52.1 Å². The van der Waals surface area contributed by atoms with Gasteiger partial charge in [-0.05, 0) is 234 Å². The number of aromatic nitrogens is 3. The van der Waals surface area contributed by atoms with Crippen molar-refractivity contribution >= 4 is 94.7 Å². The fourth-order valence-corrected chi connectivity index (χ4v) is 13.8. The fourth-order valence-electron chi connectivity index (χ4n) is 13.8. The number of ether oxygens (including phenoxy) is 11. The summed E-state index contributed by atoms with van der Waals surface area (Å²) >= 11 is 0. The third-order valence-electron chi connectivity index (χ3n) is 18.5. The van der Waals surface area contributed by atoms with Crippen molar-refractivity contribution in [1.29, 1.82) is 0 Å². The van der Waals surface area contributed by atoms with Crippen LogP contribution in [0.2, 0.25) is 0 Å². The van der Waals surface area contributed by atoms with Crippen LogP contribution in [0.3, 0.4) is 0 Å². The molecule has 0 saturated heterocycles. The quantitative estimate of drug-likeness (QED) is 0.0351. The van der Waals surface area contributed by atoms with E-state index in [1.54, 1.807) is 14.2 Å². The maximum atomic E-state index is 6.23. The minimum absolute atomic E-state index is 0.420. The molecular formula is C86H87N5O11. The second-order valence-electron chi connectivity index (χ2n) is 24.7. The molecule has 1 aliphatic carbocycles. The largest absolute Gasteiger partial charge is 0.497 e. The number of hydrogen-bond donors (Lipinski definition) is 0. The number of nitrogens with zero attached hydrogens (tertiary/aromatic N) is 5. The fraction of sp³-hybridized carbons (Fsp3) is 0.256. The van der Waals surface area contributed by atoms with E-state index >= 15 is 0 Å². The van der Waals surface area contributed by atoms with Gasteiger partial charge in [0.05, 0.1) is 101 Å². The number of methoxy groups -OCH3 is 2. The van der Waals surface area contributed by atoms with Crippen LogP contribution in [0.15, 0.2) is 224 Å². The third-order valence-corrected chi connectivity index (χ3v) is 18.5. The Morgan fingerprint density at radius 1 is 0.304 bits per heavy atom. The number of para-hydroxylation sites is 1. The normalized spacial score (nSPS) is 12.1. The number of allylic oxidation sites excluding steroid dienone is 1. The number of hydrogen-bond acceptors (Lipinski definition) is 13. The second-order valence-corrected chi connectivity index (χ2v) is 24.7. The van der Waals surface area contributed by atoms with Crippen LogP contribution in [0, 0.1) is 0 Å². The summed E-state index contributed by atoms with van der Waals surface area (Å²) in [5.41, 5.74) is 16.9. The molecule has 0 N–H and O–H groups in total. The molecule has 0 amide bonds. The molecule has 3 aromatic heterocycles. The Bertz CT molecular complexity index is 4920. The summed E-state index contributed by atoms with van der Waals surface area (Å²) in [6.07, 6.45) is 6.46. The van der Waals surface area contributed by atoms with Gasteiger partial charge < -0.3 is 75.6 Å². The molecule has 16 heteroatoms. The van der Waals surface area contributed by atoms with E-state index in [2.05, 4.69) is 206 Å². The van der Waals surface area contributed by atoms with Crippen molar-refractivity contribution in [2.45, 2.75) is 33.6 Å². The molecule has 1 aliphatic rings. The maximum Gasteiger partial charge on any atom is 0.119 e. The zero-order chi connectivity index (χ0) is 69.6. The molecule has 3 heterocycles. The van der Waals surface area contributed by atoms with Crippen LogP contribution in [0.25, 0.3) is 77.7 Å². The number of fused-ring (bicyclic) bond motifs is 9. The van der Waals surface area contributed by atoms with Gasteiger partial charge in [0.1, 0.15) is 48.6 Å². The predicted octanol–water partition coefficient (Wildman–Crippen LogP) is 19.0. The van der Waals surface area contributed by atoms with E-state index in [1.807, 2.05) is 69.3 Å². The molecule has 0 unspecified atom stereocenters. The van der Waals surface area contributed by atoms with Crippen LogP contribution in [0.1, 0.15) is 38.4 Å². The molecule has 0 atom stereocenters. The van der Waals surface area contributed by atoms with E-state index in [9.17, 15) is 0 Å². The predicted molar refractivity (Wildman–Crippen MR) is 410 cm³/mol. The van der Waals surface area contributed by atoms with Crippen molar-refractivity contribution in [1.82, 2.24) is 13.7 Å². The summed E-state index contributed by atoms with van der Waals surface area (Å²) in [7, 11) is 3.39. The minimum atomic E-state index is 0.420. The van der Waals surface area contributed by atoms with E-state index in [-0.39, 0.29) is 0 Å². The van der Waals surface area contributed by atoms with Crippen molar-refractivity contribution in [3.05, 3.63) is 236 Å². The van der Waals surface area contributed by atoms with Crippen molar-refractivity contribution < 1.29 is 52.1 Å². The Morgan fingerprint density at radius 2 is 0.627 bits per heavy atom. The van der Waals surface area contributed by atoms with Gasteiger partial charge in [0.25, 0.3) is 0 Å². The lowest BCUT2D eigenvalue weighted by Crippen LogP contribution is -2.10. The third kappa shape index (κ3) is 14.9. The summed E-state index contributed by atoms with van der Waals surface area (Å²) in [4.78, 5) is 4.71. The van der Waals surface area contributed by atoms with Crippen molar-refractivity contribution in [2.75, 3.05) is 123 Å². The maximum absolute atomic E-state index is 6.23. The SMILES string of the molecule is CCOCCOCCOc1ccc(-n2c3c(c4cc(N(c5ccc6c(c5)c5ccccc5n6-c5ccc(OCCOCCOCC)cc5)c5ccc6c(c5)c5cc(N(c7ccc(OC)cc7)c7ccc(OC)cc7)ccc5n6-c5ccc(OCCOCCOCC)cc5)ccc42)C=CCC3)cc1. The van der Waals surface area contributed by atoms with E-state index < -0.39 is 0 Å². The van der Waals surface area contributed by atoms with E-state index in [1.165, 1.54) is 11.3 Å². The smallest absolute Gasteiger partial charge is 0.119 e. The van der Waals surface area contributed by atoms with Crippen LogP contribution < -0.4 is 33.5 Å². The molecule has 16 nitrogen and oxygen atoms in total. The molecule has 0 fully saturated rings. The molecule has 0 aliphatic heterocycles. The van der Waals surface area contributed by atoms with Gasteiger partial charge in [-0.15, -0.1) is 0 Å².